The molecule has 0 saturated carbocycles. The fraction of sp³-hybridized carbons (Fsp3) is 0.917. The van der Waals surface area contributed by atoms with Crippen LogP contribution in [0.3, 0.4) is 0 Å². The minimum atomic E-state index is -0.461. The second-order valence-electron chi connectivity index (χ2n) is 4.28. The monoisotopic (exact) mass is 261 g/mol. The molecule has 0 spiro atoms. The van der Waals surface area contributed by atoms with Crippen LogP contribution in [0.2, 0.25) is 0 Å². The van der Waals surface area contributed by atoms with Gasteiger partial charge in [-0.05, 0) is 43.6 Å². The third kappa shape index (κ3) is 6.29. The number of hydrogen-bond acceptors (Lipinski definition) is 5. The molecule has 4 nitrogen and oxygen atoms in total. The lowest BCUT2D eigenvalue weighted by atomic mass is 10.0. The van der Waals surface area contributed by atoms with Gasteiger partial charge in [0.15, 0.2) is 0 Å². The van der Waals surface area contributed by atoms with Gasteiger partial charge in [-0.25, -0.2) is 0 Å². The Bertz CT molecular complexity index is 220. The topological polar surface area (TPSA) is 61.5 Å². The first-order chi connectivity index (χ1) is 8.24. The minimum absolute atomic E-state index is 0.279. The highest BCUT2D eigenvalue weighted by molar-refractivity contribution is 7.99. The number of ether oxygens (including phenoxy) is 2. The maximum absolute atomic E-state index is 11.3. The largest absolute Gasteiger partial charge is 0.465 e. The Morgan fingerprint density at radius 3 is 2.88 bits per heavy atom. The summed E-state index contributed by atoms with van der Waals surface area (Å²) in [6, 6.07) is -0.461. The lowest BCUT2D eigenvalue weighted by Gasteiger charge is -2.21. The van der Waals surface area contributed by atoms with Crippen molar-refractivity contribution in [1.82, 2.24) is 0 Å². The Morgan fingerprint density at radius 2 is 2.24 bits per heavy atom. The van der Waals surface area contributed by atoms with E-state index in [1.807, 2.05) is 11.8 Å². The van der Waals surface area contributed by atoms with Gasteiger partial charge in [-0.15, -0.1) is 0 Å². The van der Waals surface area contributed by atoms with Crippen LogP contribution in [0.4, 0.5) is 0 Å². The van der Waals surface area contributed by atoms with Crippen molar-refractivity contribution in [2.24, 2.45) is 11.7 Å². The number of carbonyl (C=O) groups is 1. The predicted molar refractivity (Wildman–Crippen MR) is 70.1 cm³/mol. The molecular weight excluding hydrogens is 238 g/mol. The molecule has 1 heterocycles. The van der Waals surface area contributed by atoms with Crippen molar-refractivity contribution >= 4 is 17.7 Å². The van der Waals surface area contributed by atoms with E-state index in [1.54, 1.807) is 6.92 Å². The molecule has 2 N–H and O–H groups in total. The van der Waals surface area contributed by atoms with E-state index in [0.717, 1.165) is 43.5 Å². The molecule has 1 fully saturated rings. The summed E-state index contributed by atoms with van der Waals surface area (Å²) in [5.41, 5.74) is 5.71. The number of esters is 1. The normalized spacial score (nSPS) is 18.9. The van der Waals surface area contributed by atoms with Crippen LogP contribution in [-0.4, -0.2) is 43.3 Å². The molecule has 0 bridgehead atoms. The van der Waals surface area contributed by atoms with Gasteiger partial charge in [-0.2, -0.15) is 11.8 Å². The average Bonchev–Trinajstić information content (AvgIpc) is 2.36. The van der Waals surface area contributed by atoms with Crippen molar-refractivity contribution in [3.8, 4) is 0 Å². The van der Waals surface area contributed by atoms with E-state index >= 15 is 0 Å². The Labute approximate surface area is 108 Å². The number of hydrogen-bond donors (Lipinski definition) is 1. The third-order valence-corrected chi connectivity index (χ3v) is 4.09. The van der Waals surface area contributed by atoms with Gasteiger partial charge in [0, 0.05) is 13.2 Å². The molecule has 1 rings (SSSR count). The maximum Gasteiger partial charge on any atom is 0.322 e. The molecule has 1 unspecified atom stereocenters. The average molecular weight is 261 g/mol. The summed E-state index contributed by atoms with van der Waals surface area (Å²) in [4.78, 5) is 11.3. The van der Waals surface area contributed by atoms with E-state index in [1.165, 1.54) is 0 Å². The van der Waals surface area contributed by atoms with E-state index in [-0.39, 0.29) is 5.97 Å². The van der Waals surface area contributed by atoms with Crippen molar-refractivity contribution < 1.29 is 14.3 Å². The van der Waals surface area contributed by atoms with Crippen LogP contribution in [0.5, 0.6) is 0 Å². The van der Waals surface area contributed by atoms with E-state index < -0.39 is 6.04 Å². The fourth-order valence-electron chi connectivity index (χ4n) is 1.74. The molecule has 17 heavy (non-hydrogen) atoms. The number of nitrogens with two attached hydrogens (primary N) is 1. The van der Waals surface area contributed by atoms with Crippen LogP contribution in [0.25, 0.3) is 0 Å². The molecule has 0 aromatic rings. The molecule has 0 radical (unpaired) electrons. The standard InChI is InChI=1S/C12H23NO3S/c1-2-16-12(14)11(13)5-8-17-9-10-3-6-15-7-4-10/h10-11H,2-9,13H2,1H3. The van der Waals surface area contributed by atoms with E-state index in [2.05, 4.69) is 0 Å². The highest BCUT2D eigenvalue weighted by Crippen LogP contribution is 2.20. The third-order valence-electron chi connectivity index (χ3n) is 2.86. The second kappa shape index (κ2) is 8.78. The molecular formula is C12H23NO3S. The summed E-state index contributed by atoms with van der Waals surface area (Å²) in [6.45, 7) is 3.99. The molecule has 1 aliphatic rings. The number of carbonyl (C=O) groups excluding carboxylic acids is 1. The predicted octanol–water partition coefficient (Wildman–Crippen LogP) is 1.43. The first-order valence-corrected chi connectivity index (χ1v) is 7.47. The molecule has 1 saturated heterocycles. The Kier molecular flexibility index (Phi) is 7.64. The smallest absolute Gasteiger partial charge is 0.322 e. The summed E-state index contributed by atoms with van der Waals surface area (Å²) >= 11 is 1.88. The van der Waals surface area contributed by atoms with Crippen molar-refractivity contribution in [2.45, 2.75) is 32.2 Å². The molecule has 1 aliphatic heterocycles. The number of rotatable bonds is 7. The summed E-state index contributed by atoms with van der Waals surface area (Å²) in [6.07, 6.45) is 3.03. The lowest BCUT2D eigenvalue weighted by molar-refractivity contribution is -0.144. The van der Waals surface area contributed by atoms with Gasteiger partial charge < -0.3 is 15.2 Å². The van der Waals surface area contributed by atoms with Gasteiger partial charge in [-0.3, -0.25) is 4.79 Å². The zero-order valence-electron chi connectivity index (χ0n) is 10.5. The van der Waals surface area contributed by atoms with Gasteiger partial charge in [0.05, 0.1) is 6.61 Å². The van der Waals surface area contributed by atoms with Crippen LogP contribution in [0.1, 0.15) is 26.2 Å². The van der Waals surface area contributed by atoms with Crippen molar-refractivity contribution in [3.05, 3.63) is 0 Å². The Hall–Kier alpha value is -0.260. The maximum atomic E-state index is 11.3. The SMILES string of the molecule is CCOC(=O)C(N)CCSCC1CCOCC1. The quantitative estimate of drug-likeness (QED) is 0.555. The molecule has 0 aromatic heterocycles. The van der Waals surface area contributed by atoms with Crippen molar-refractivity contribution in [3.63, 3.8) is 0 Å². The van der Waals surface area contributed by atoms with Gasteiger partial charge in [0.1, 0.15) is 6.04 Å². The molecule has 0 aliphatic carbocycles. The number of thioether (sulfide) groups is 1. The molecule has 100 valence electrons. The molecule has 0 amide bonds. The molecule has 1 atom stereocenters. The van der Waals surface area contributed by atoms with E-state index in [4.69, 9.17) is 15.2 Å². The minimum Gasteiger partial charge on any atom is -0.465 e. The molecule has 5 heteroatoms. The first kappa shape index (κ1) is 14.8. The van der Waals surface area contributed by atoms with Gasteiger partial charge in [0.2, 0.25) is 0 Å². The van der Waals surface area contributed by atoms with Crippen LogP contribution < -0.4 is 5.73 Å². The lowest BCUT2D eigenvalue weighted by Crippen LogP contribution is -2.32. The second-order valence-corrected chi connectivity index (χ2v) is 5.43. The van der Waals surface area contributed by atoms with Gasteiger partial charge in [-0.1, -0.05) is 0 Å². The molecule has 0 aromatic carbocycles. The van der Waals surface area contributed by atoms with E-state index in [0.29, 0.717) is 13.0 Å². The van der Waals surface area contributed by atoms with Crippen LogP contribution in [0, 0.1) is 5.92 Å². The summed E-state index contributed by atoms with van der Waals surface area (Å²) < 4.78 is 10.2. The fourth-order valence-corrected chi connectivity index (χ4v) is 2.99. The van der Waals surface area contributed by atoms with Gasteiger partial charge in [0.25, 0.3) is 0 Å². The van der Waals surface area contributed by atoms with Crippen LogP contribution in [0.15, 0.2) is 0 Å². The Balaban J connectivity index is 2.00. The highest BCUT2D eigenvalue weighted by atomic mass is 32.2. The van der Waals surface area contributed by atoms with Crippen LogP contribution >= 0.6 is 11.8 Å². The highest BCUT2D eigenvalue weighted by Gasteiger charge is 2.16. The zero-order valence-corrected chi connectivity index (χ0v) is 11.3. The van der Waals surface area contributed by atoms with Gasteiger partial charge >= 0.3 is 5.97 Å². The van der Waals surface area contributed by atoms with E-state index in [9.17, 15) is 4.79 Å². The van der Waals surface area contributed by atoms with Crippen molar-refractivity contribution in [2.75, 3.05) is 31.3 Å². The summed E-state index contributed by atoms with van der Waals surface area (Å²) in [5, 5.41) is 0. The first-order valence-electron chi connectivity index (χ1n) is 6.31. The Morgan fingerprint density at radius 1 is 1.53 bits per heavy atom. The van der Waals surface area contributed by atoms with Crippen molar-refractivity contribution in [1.29, 1.82) is 0 Å². The summed E-state index contributed by atoms with van der Waals surface area (Å²) in [7, 11) is 0. The van der Waals surface area contributed by atoms with Crippen LogP contribution in [-0.2, 0) is 14.3 Å². The zero-order chi connectivity index (χ0) is 12.5. The summed E-state index contributed by atoms with van der Waals surface area (Å²) in [5.74, 6) is 2.57.